The van der Waals surface area contributed by atoms with E-state index < -0.39 is 0 Å². The number of nitrogens with zero attached hydrogens (tertiary/aromatic N) is 4. The minimum absolute atomic E-state index is 0. The van der Waals surface area contributed by atoms with E-state index in [0.29, 0.717) is 23.0 Å². The van der Waals surface area contributed by atoms with Crippen molar-refractivity contribution in [2.24, 2.45) is 0 Å². The standard InChI is InChI=1S/C25H15N4O2.Pt/c30-22-7-3-4-16-8-11-24(28-25(16)22)31-17-9-10-19-18-5-1-2-6-20(18)29(21(19)14-17)23-15-26-12-13-27-23;/h1-13,15,30H;/q-1;. The molecule has 6 rings (SSSR count). The summed E-state index contributed by atoms with van der Waals surface area (Å²) in [4.78, 5) is 13.2. The number of phenols is 1. The first kappa shape index (κ1) is 20.2. The Morgan fingerprint density at radius 1 is 0.875 bits per heavy atom. The van der Waals surface area contributed by atoms with Crippen molar-refractivity contribution < 1.29 is 30.9 Å². The van der Waals surface area contributed by atoms with Gasteiger partial charge in [-0.2, -0.15) is 6.07 Å². The first-order valence-corrected chi connectivity index (χ1v) is 9.76. The number of hydrogen-bond acceptors (Lipinski definition) is 5. The molecule has 6 aromatic rings. The number of aromatic hydroxyl groups is 1. The van der Waals surface area contributed by atoms with Crippen LogP contribution in [-0.2, 0) is 21.1 Å². The fraction of sp³-hybridized carbons (Fsp3) is 0. The van der Waals surface area contributed by atoms with Crippen LogP contribution in [0.25, 0.3) is 38.5 Å². The van der Waals surface area contributed by atoms with Gasteiger partial charge in [0.15, 0.2) is 5.82 Å². The number of para-hydroxylation sites is 2. The number of rotatable bonds is 3. The second-order valence-electron chi connectivity index (χ2n) is 7.10. The average molecular weight is 598 g/mol. The maximum atomic E-state index is 10.1. The van der Waals surface area contributed by atoms with Crippen LogP contribution in [0.2, 0.25) is 0 Å². The maximum Gasteiger partial charge on any atom is 0.217 e. The van der Waals surface area contributed by atoms with Crippen LogP contribution in [0.4, 0.5) is 0 Å². The predicted molar refractivity (Wildman–Crippen MR) is 119 cm³/mol. The zero-order valence-corrected chi connectivity index (χ0v) is 18.8. The molecule has 6 nitrogen and oxygen atoms in total. The van der Waals surface area contributed by atoms with Gasteiger partial charge in [-0.1, -0.05) is 35.8 Å². The molecule has 32 heavy (non-hydrogen) atoms. The van der Waals surface area contributed by atoms with E-state index in [1.54, 1.807) is 36.8 Å². The van der Waals surface area contributed by atoms with Gasteiger partial charge in [0.25, 0.3) is 0 Å². The van der Waals surface area contributed by atoms with Crippen LogP contribution in [0.15, 0.2) is 85.3 Å². The fourth-order valence-electron chi connectivity index (χ4n) is 3.86. The van der Waals surface area contributed by atoms with Crippen LogP contribution >= 0.6 is 0 Å². The van der Waals surface area contributed by atoms with Crippen LogP contribution in [-0.4, -0.2) is 24.6 Å². The summed E-state index contributed by atoms with van der Waals surface area (Å²) >= 11 is 0. The largest absolute Gasteiger partial charge is 0.506 e. The van der Waals surface area contributed by atoms with Crippen LogP contribution in [0.3, 0.4) is 0 Å². The molecule has 3 aromatic heterocycles. The first-order valence-electron chi connectivity index (χ1n) is 9.76. The molecule has 0 unspecified atom stereocenters. The van der Waals surface area contributed by atoms with Gasteiger partial charge in [0, 0.05) is 56.2 Å². The summed E-state index contributed by atoms with van der Waals surface area (Å²) in [5, 5.41) is 13.1. The predicted octanol–water partition coefficient (Wildman–Crippen LogP) is 5.42. The summed E-state index contributed by atoms with van der Waals surface area (Å²) in [6, 6.07) is 24.3. The topological polar surface area (TPSA) is 73.1 Å². The minimum Gasteiger partial charge on any atom is -0.506 e. The summed E-state index contributed by atoms with van der Waals surface area (Å²) in [7, 11) is 0. The van der Waals surface area contributed by atoms with E-state index in [1.807, 2.05) is 47.0 Å². The quantitative estimate of drug-likeness (QED) is 0.276. The molecule has 7 heteroatoms. The third-order valence-corrected chi connectivity index (χ3v) is 5.22. The number of fused-ring (bicyclic) bond motifs is 4. The second-order valence-corrected chi connectivity index (χ2v) is 7.10. The van der Waals surface area contributed by atoms with Crippen LogP contribution in [0, 0.1) is 6.07 Å². The van der Waals surface area contributed by atoms with Crippen molar-refractivity contribution in [1.29, 1.82) is 0 Å². The van der Waals surface area contributed by atoms with Gasteiger partial charge in [0.2, 0.25) is 5.88 Å². The van der Waals surface area contributed by atoms with E-state index in [4.69, 9.17) is 4.74 Å². The molecule has 0 amide bonds. The number of pyridine rings is 1. The Kier molecular flexibility index (Phi) is 5.08. The van der Waals surface area contributed by atoms with Gasteiger partial charge in [-0.3, -0.25) is 4.98 Å². The van der Waals surface area contributed by atoms with Crippen molar-refractivity contribution in [2.45, 2.75) is 0 Å². The van der Waals surface area contributed by atoms with Gasteiger partial charge in [0.05, 0.1) is 6.20 Å². The van der Waals surface area contributed by atoms with Gasteiger partial charge < -0.3 is 14.4 Å². The SMILES string of the molecule is Oc1cccc2ccc(Oc3[c-]c4c(cc3)c3ccccc3n4-c3cnccn3)nc12.[Pt]. The minimum atomic E-state index is 0. The zero-order valence-electron chi connectivity index (χ0n) is 16.5. The second kappa shape index (κ2) is 8.06. The summed E-state index contributed by atoms with van der Waals surface area (Å²) in [5.41, 5.74) is 2.35. The van der Waals surface area contributed by atoms with Gasteiger partial charge >= 0.3 is 0 Å². The van der Waals surface area contributed by atoms with E-state index in [1.165, 1.54) is 0 Å². The Morgan fingerprint density at radius 2 is 1.78 bits per heavy atom. The van der Waals surface area contributed by atoms with E-state index in [9.17, 15) is 5.11 Å². The molecular weight excluding hydrogens is 583 g/mol. The molecule has 0 atom stereocenters. The van der Waals surface area contributed by atoms with Crippen molar-refractivity contribution in [3.05, 3.63) is 91.4 Å². The summed E-state index contributed by atoms with van der Waals surface area (Å²) in [5.74, 6) is 1.72. The van der Waals surface area contributed by atoms with E-state index in [-0.39, 0.29) is 26.8 Å². The summed E-state index contributed by atoms with van der Waals surface area (Å²) in [6.07, 6.45) is 5.04. The summed E-state index contributed by atoms with van der Waals surface area (Å²) in [6.45, 7) is 0. The van der Waals surface area contributed by atoms with Crippen molar-refractivity contribution in [3.8, 4) is 23.2 Å². The molecule has 0 spiro atoms. The summed E-state index contributed by atoms with van der Waals surface area (Å²) < 4.78 is 8.03. The molecule has 1 N–H and O–H groups in total. The monoisotopic (exact) mass is 598 g/mol. The Labute approximate surface area is 197 Å². The Bertz CT molecular complexity index is 1580. The fourth-order valence-corrected chi connectivity index (χ4v) is 3.86. The molecule has 3 aromatic carbocycles. The Hall–Kier alpha value is -3.76. The van der Waals surface area contributed by atoms with Gasteiger partial charge in [0.1, 0.15) is 11.3 Å². The zero-order chi connectivity index (χ0) is 20.8. The average Bonchev–Trinajstić information content (AvgIpc) is 3.14. The van der Waals surface area contributed by atoms with Crippen molar-refractivity contribution in [1.82, 2.24) is 19.5 Å². The normalized spacial score (nSPS) is 11.0. The number of ether oxygens (including phenoxy) is 1. The van der Waals surface area contributed by atoms with Crippen LogP contribution < -0.4 is 4.74 Å². The molecule has 0 aliphatic heterocycles. The Balaban J connectivity index is 0.00000216. The third-order valence-electron chi connectivity index (χ3n) is 5.22. The molecule has 0 aliphatic rings. The molecule has 0 saturated carbocycles. The first-order chi connectivity index (χ1) is 15.3. The molecule has 0 aliphatic carbocycles. The van der Waals surface area contributed by atoms with Gasteiger partial charge in [-0.25, -0.2) is 9.97 Å². The van der Waals surface area contributed by atoms with Crippen molar-refractivity contribution in [3.63, 3.8) is 0 Å². The van der Waals surface area contributed by atoms with E-state index in [2.05, 4.69) is 27.1 Å². The maximum absolute atomic E-state index is 10.1. The number of phenolic OH excluding ortho intramolecular Hbond substituents is 1. The number of aromatic nitrogens is 4. The van der Waals surface area contributed by atoms with E-state index >= 15 is 0 Å². The van der Waals surface area contributed by atoms with Crippen molar-refractivity contribution >= 4 is 32.7 Å². The smallest absolute Gasteiger partial charge is 0.217 e. The molecule has 0 saturated heterocycles. The third kappa shape index (κ3) is 3.29. The molecule has 158 valence electrons. The van der Waals surface area contributed by atoms with E-state index in [0.717, 1.165) is 27.2 Å². The molecule has 0 radical (unpaired) electrons. The molecule has 0 fully saturated rings. The number of benzene rings is 3. The molecule has 3 heterocycles. The van der Waals surface area contributed by atoms with Crippen LogP contribution in [0.5, 0.6) is 17.4 Å². The van der Waals surface area contributed by atoms with Crippen molar-refractivity contribution in [2.75, 3.05) is 0 Å². The van der Waals surface area contributed by atoms with Gasteiger partial charge in [-0.15, -0.1) is 17.5 Å². The van der Waals surface area contributed by atoms with Crippen LogP contribution in [0.1, 0.15) is 0 Å². The van der Waals surface area contributed by atoms with Gasteiger partial charge in [-0.05, 0) is 23.6 Å². The number of hydrogen-bond donors (Lipinski definition) is 1. The Morgan fingerprint density at radius 3 is 2.66 bits per heavy atom. The molecular formula is C25H15N4O2Pt-. The molecule has 0 bridgehead atoms.